The highest BCUT2D eigenvalue weighted by atomic mass is 127. The average molecular weight is 555 g/mol. The molecule has 0 spiro atoms. The fraction of sp³-hybridized carbons (Fsp3) is 0.571. The Morgan fingerprint density at radius 1 is 1.29 bits per heavy atom. The molecule has 0 amide bonds. The molecular formula is C21H31IN6O2Si. The van der Waals surface area contributed by atoms with Crippen LogP contribution < -0.4 is 4.90 Å². The molecule has 3 aromatic rings. The van der Waals surface area contributed by atoms with Crippen molar-refractivity contribution in [3.63, 3.8) is 0 Å². The summed E-state index contributed by atoms with van der Waals surface area (Å²) >= 11 is 2.37. The Morgan fingerprint density at radius 2 is 2.10 bits per heavy atom. The van der Waals surface area contributed by atoms with Crippen molar-refractivity contribution in [2.24, 2.45) is 0 Å². The Balaban J connectivity index is 1.65. The van der Waals surface area contributed by atoms with E-state index >= 15 is 0 Å². The van der Waals surface area contributed by atoms with E-state index in [1.54, 1.807) is 0 Å². The summed E-state index contributed by atoms with van der Waals surface area (Å²) < 4.78 is 16.5. The molecule has 4 rings (SSSR count). The first kappa shape index (κ1) is 22.7. The number of aromatic nitrogens is 5. The molecule has 0 aliphatic carbocycles. The van der Waals surface area contributed by atoms with Crippen LogP contribution in [0.2, 0.25) is 25.7 Å². The molecule has 0 aromatic carbocycles. The van der Waals surface area contributed by atoms with Gasteiger partial charge in [-0.25, -0.2) is 9.67 Å². The second kappa shape index (κ2) is 9.16. The van der Waals surface area contributed by atoms with Crippen molar-refractivity contribution in [1.29, 1.82) is 0 Å². The summed E-state index contributed by atoms with van der Waals surface area (Å²) in [6.07, 6.45) is 1.88. The minimum absolute atomic E-state index is 0.290. The molecule has 1 fully saturated rings. The van der Waals surface area contributed by atoms with Crippen LogP contribution in [0.5, 0.6) is 0 Å². The number of aryl methyl sites for hydroxylation is 1. The minimum Gasteiger partial charge on any atom is -0.377 e. The monoisotopic (exact) mass is 554 g/mol. The lowest BCUT2D eigenvalue weighted by molar-refractivity contribution is 0.0780. The van der Waals surface area contributed by atoms with E-state index in [0.717, 1.165) is 64.3 Å². The summed E-state index contributed by atoms with van der Waals surface area (Å²) in [5.41, 5.74) is 1.77. The molecule has 8 nitrogen and oxygen atoms in total. The normalized spacial score (nSPS) is 17.6. The number of ether oxygens (including phenoxy) is 2. The van der Waals surface area contributed by atoms with Crippen LogP contribution in [0, 0.1) is 10.5 Å². The van der Waals surface area contributed by atoms with Crippen LogP contribution >= 0.6 is 22.6 Å². The lowest BCUT2D eigenvalue weighted by Gasteiger charge is -2.34. The number of hydrogen-bond donors (Lipinski definition) is 0. The van der Waals surface area contributed by atoms with Crippen molar-refractivity contribution in [2.45, 2.75) is 52.3 Å². The molecule has 10 heteroatoms. The predicted molar refractivity (Wildman–Crippen MR) is 134 cm³/mol. The van der Waals surface area contributed by atoms with Crippen LogP contribution in [0.25, 0.3) is 16.9 Å². The third kappa shape index (κ3) is 5.12. The molecule has 1 atom stereocenters. The molecular weight excluding hydrogens is 523 g/mol. The van der Waals surface area contributed by atoms with Crippen LogP contribution in [-0.4, -0.2) is 65.0 Å². The zero-order valence-electron chi connectivity index (χ0n) is 18.9. The standard InChI is InChI=1S/C21H31IN6O2Si/c1-15-10-20(27(25-15)14-30-8-9-31(3,4)5)28-21-17(12-23-28)18(22)11-19(24-21)26-6-7-29-13-16(26)2/h10-12,16H,6-9,13-14H2,1-5H3/t16-/m1/s1. The number of nitrogens with zero attached hydrogens (tertiary/aromatic N) is 6. The molecule has 0 N–H and O–H groups in total. The fourth-order valence-corrected chi connectivity index (χ4v) is 5.07. The van der Waals surface area contributed by atoms with E-state index in [2.05, 4.69) is 70.3 Å². The maximum atomic E-state index is 5.97. The minimum atomic E-state index is -1.12. The van der Waals surface area contributed by atoms with Gasteiger partial charge in [-0.05, 0) is 48.5 Å². The molecule has 31 heavy (non-hydrogen) atoms. The van der Waals surface area contributed by atoms with Crippen molar-refractivity contribution in [3.8, 4) is 5.82 Å². The second-order valence-corrected chi connectivity index (χ2v) is 16.1. The third-order valence-electron chi connectivity index (χ3n) is 5.45. The van der Waals surface area contributed by atoms with Crippen molar-refractivity contribution >= 4 is 47.5 Å². The number of pyridine rings is 1. The Bertz CT molecular complexity index is 1060. The van der Waals surface area contributed by atoms with Gasteiger partial charge in [0.05, 0.1) is 36.5 Å². The first-order chi connectivity index (χ1) is 14.7. The van der Waals surface area contributed by atoms with Crippen molar-refractivity contribution in [2.75, 3.05) is 31.3 Å². The van der Waals surface area contributed by atoms with Crippen molar-refractivity contribution in [3.05, 3.63) is 27.6 Å². The zero-order valence-corrected chi connectivity index (χ0v) is 22.1. The molecule has 0 radical (unpaired) electrons. The van der Waals surface area contributed by atoms with E-state index in [1.807, 2.05) is 28.6 Å². The van der Waals surface area contributed by atoms with Gasteiger partial charge in [0, 0.05) is 30.9 Å². The van der Waals surface area contributed by atoms with Gasteiger partial charge in [-0.1, -0.05) is 19.6 Å². The summed E-state index contributed by atoms with van der Waals surface area (Å²) in [4.78, 5) is 7.33. The molecule has 0 unspecified atom stereocenters. The quantitative estimate of drug-likeness (QED) is 0.249. The number of anilines is 1. The van der Waals surface area contributed by atoms with Gasteiger partial charge < -0.3 is 14.4 Å². The molecule has 4 heterocycles. The topological polar surface area (TPSA) is 70.2 Å². The molecule has 3 aromatic heterocycles. The van der Waals surface area contributed by atoms with Gasteiger partial charge in [0.1, 0.15) is 12.5 Å². The maximum Gasteiger partial charge on any atom is 0.168 e. The van der Waals surface area contributed by atoms with Gasteiger partial charge in [0.25, 0.3) is 0 Å². The van der Waals surface area contributed by atoms with E-state index in [-0.39, 0.29) is 0 Å². The molecule has 0 saturated carbocycles. The van der Waals surface area contributed by atoms with E-state index in [1.165, 1.54) is 0 Å². The number of rotatable bonds is 7. The van der Waals surface area contributed by atoms with E-state index < -0.39 is 8.07 Å². The second-order valence-electron chi connectivity index (χ2n) is 9.36. The Labute approximate surface area is 198 Å². The SMILES string of the molecule is Cc1cc(-n2ncc3c(I)cc(N4CCOC[C@H]4C)nc32)n(COCC[Si](C)(C)C)n1. The van der Waals surface area contributed by atoms with Gasteiger partial charge in [-0.2, -0.15) is 14.9 Å². The van der Waals surface area contributed by atoms with Crippen molar-refractivity contribution in [1.82, 2.24) is 24.5 Å². The Hall–Kier alpha value is -1.50. The van der Waals surface area contributed by atoms with E-state index in [9.17, 15) is 0 Å². The summed E-state index contributed by atoms with van der Waals surface area (Å²) in [6.45, 7) is 14.7. The molecule has 168 valence electrons. The summed E-state index contributed by atoms with van der Waals surface area (Å²) in [5, 5.41) is 10.3. The lowest BCUT2D eigenvalue weighted by Crippen LogP contribution is -2.44. The molecule has 1 aliphatic heterocycles. The van der Waals surface area contributed by atoms with Crippen LogP contribution in [0.15, 0.2) is 18.3 Å². The van der Waals surface area contributed by atoms with Crippen LogP contribution in [0.4, 0.5) is 5.82 Å². The first-order valence-corrected chi connectivity index (χ1v) is 15.5. The number of hydrogen-bond acceptors (Lipinski definition) is 6. The highest BCUT2D eigenvalue weighted by Crippen LogP contribution is 2.28. The van der Waals surface area contributed by atoms with Gasteiger partial charge >= 0.3 is 0 Å². The zero-order chi connectivity index (χ0) is 22.2. The predicted octanol–water partition coefficient (Wildman–Crippen LogP) is 4.07. The summed E-state index contributed by atoms with van der Waals surface area (Å²) in [7, 11) is -1.12. The van der Waals surface area contributed by atoms with Gasteiger partial charge in [0.15, 0.2) is 11.5 Å². The third-order valence-corrected chi connectivity index (χ3v) is 8.04. The van der Waals surface area contributed by atoms with Crippen LogP contribution in [0.1, 0.15) is 12.6 Å². The number of fused-ring (bicyclic) bond motifs is 1. The Kier molecular flexibility index (Phi) is 6.70. The highest BCUT2D eigenvalue weighted by Gasteiger charge is 2.23. The number of morpholine rings is 1. The lowest BCUT2D eigenvalue weighted by atomic mass is 10.2. The van der Waals surface area contributed by atoms with Crippen LogP contribution in [-0.2, 0) is 16.2 Å². The van der Waals surface area contributed by atoms with Crippen molar-refractivity contribution < 1.29 is 9.47 Å². The molecule has 1 saturated heterocycles. The largest absolute Gasteiger partial charge is 0.377 e. The van der Waals surface area contributed by atoms with E-state index in [0.29, 0.717) is 12.8 Å². The average Bonchev–Trinajstić information content (AvgIpc) is 3.28. The molecule has 1 aliphatic rings. The van der Waals surface area contributed by atoms with Gasteiger partial charge in [0.2, 0.25) is 0 Å². The van der Waals surface area contributed by atoms with Gasteiger partial charge in [-0.3, -0.25) is 0 Å². The smallest absolute Gasteiger partial charge is 0.168 e. The molecule has 0 bridgehead atoms. The highest BCUT2D eigenvalue weighted by molar-refractivity contribution is 14.1. The first-order valence-electron chi connectivity index (χ1n) is 10.7. The summed E-state index contributed by atoms with van der Waals surface area (Å²) in [6, 6.07) is 5.60. The van der Waals surface area contributed by atoms with Gasteiger partial charge in [-0.15, -0.1) is 0 Å². The fourth-order valence-electron chi connectivity index (χ4n) is 3.66. The number of halogens is 1. The summed E-state index contributed by atoms with van der Waals surface area (Å²) in [5.74, 6) is 1.83. The maximum absolute atomic E-state index is 5.97. The van der Waals surface area contributed by atoms with Crippen LogP contribution in [0.3, 0.4) is 0 Å². The van der Waals surface area contributed by atoms with E-state index in [4.69, 9.17) is 14.5 Å². The Morgan fingerprint density at radius 3 is 2.84 bits per heavy atom.